The maximum atomic E-state index is 12.5. The highest BCUT2D eigenvalue weighted by atomic mass is 32.1. The molecule has 0 unspecified atom stereocenters. The highest BCUT2D eigenvalue weighted by Gasteiger charge is 2.60. The number of carboxylic acids is 1. The predicted molar refractivity (Wildman–Crippen MR) is 89.5 cm³/mol. The largest absolute Gasteiger partial charge is 0.493 e. The summed E-state index contributed by atoms with van der Waals surface area (Å²) in [6, 6.07) is 11.3. The van der Waals surface area contributed by atoms with Crippen molar-refractivity contribution in [1.82, 2.24) is 5.32 Å². The first kappa shape index (κ1) is 15.2. The number of benzene rings is 1. The maximum absolute atomic E-state index is 12.5. The molecule has 24 heavy (non-hydrogen) atoms. The number of carboxylic acid groups (broad SMARTS) is 1. The summed E-state index contributed by atoms with van der Waals surface area (Å²) in [6.07, 6.45) is 1.72. The number of aromatic carboxylic acids is 1. The van der Waals surface area contributed by atoms with Gasteiger partial charge in [-0.25, -0.2) is 4.79 Å². The van der Waals surface area contributed by atoms with Crippen LogP contribution in [0.25, 0.3) is 0 Å². The van der Waals surface area contributed by atoms with E-state index in [1.807, 2.05) is 18.2 Å². The lowest BCUT2D eigenvalue weighted by molar-refractivity contribution is -0.123. The molecule has 1 spiro atoms. The fraction of sp³-hybridized carbons (Fsp3) is 0.333. The molecule has 6 heteroatoms. The lowest BCUT2D eigenvalue weighted by Gasteiger charge is -2.26. The normalized spacial score (nSPS) is 24.1. The number of hydrogen-bond donors (Lipinski definition) is 2. The summed E-state index contributed by atoms with van der Waals surface area (Å²) in [4.78, 5) is 24.6. The number of para-hydroxylation sites is 1. The number of fused-ring (bicyclic) bond motifs is 2. The Hall–Kier alpha value is -2.34. The van der Waals surface area contributed by atoms with Crippen LogP contribution in [-0.2, 0) is 16.8 Å². The summed E-state index contributed by atoms with van der Waals surface area (Å²) in [7, 11) is 0. The van der Waals surface area contributed by atoms with Crippen LogP contribution in [0.1, 0.15) is 33.0 Å². The highest BCUT2D eigenvalue weighted by Crippen LogP contribution is 2.60. The monoisotopic (exact) mass is 343 g/mol. The predicted octanol–water partition coefficient (Wildman–Crippen LogP) is 2.80. The molecule has 2 atom stereocenters. The number of thiophene rings is 1. The van der Waals surface area contributed by atoms with Crippen molar-refractivity contribution in [2.24, 2.45) is 5.92 Å². The molecule has 2 heterocycles. The van der Waals surface area contributed by atoms with Crippen molar-refractivity contribution < 1.29 is 19.4 Å². The van der Waals surface area contributed by atoms with Gasteiger partial charge in [0.15, 0.2) is 0 Å². The average Bonchev–Trinajstić information content (AvgIpc) is 3.09. The summed E-state index contributed by atoms with van der Waals surface area (Å²) in [6.45, 7) is 1.02. The van der Waals surface area contributed by atoms with Gasteiger partial charge in [-0.05, 0) is 31.0 Å². The number of carbonyl (C=O) groups is 2. The lowest BCUT2D eigenvalue weighted by Crippen LogP contribution is -2.30. The van der Waals surface area contributed by atoms with E-state index in [4.69, 9.17) is 9.84 Å². The summed E-state index contributed by atoms with van der Waals surface area (Å²) in [5.41, 5.74) is 1.06. The Morgan fingerprint density at radius 1 is 1.29 bits per heavy atom. The molecule has 2 N–H and O–H groups in total. The quantitative estimate of drug-likeness (QED) is 0.895. The molecule has 2 aliphatic rings. The Kier molecular flexibility index (Phi) is 3.57. The van der Waals surface area contributed by atoms with Crippen molar-refractivity contribution in [2.75, 3.05) is 6.61 Å². The first-order valence-corrected chi connectivity index (χ1v) is 8.74. The number of hydrogen-bond acceptors (Lipinski definition) is 4. The number of amides is 1. The Morgan fingerprint density at radius 3 is 2.92 bits per heavy atom. The van der Waals surface area contributed by atoms with Gasteiger partial charge in [0, 0.05) is 21.8 Å². The molecule has 5 nitrogen and oxygen atoms in total. The first-order valence-electron chi connectivity index (χ1n) is 7.92. The van der Waals surface area contributed by atoms with E-state index in [0.717, 1.165) is 29.0 Å². The Bertz CT molecular complexity index is 815. The van der Waals surface area contributed by atoms with E-state index in [9.17, 15) is 9.59 Å². The second-order valence-corrected chi connectivity index (χ2v) is 7.46. The van der Waals surface area contributed by atoms with Crippen LogP contribution in [0.3, 0.4) is 0 Å². The van der Waals surface area contributed by atoms with E-state index in [1.54, 1.807) is 12.1 Å². The van der Waals surface area contributed by atoms with Crippen LogP contribution in [-0.4, -0.2) is 23.6 Å². The van der Waals surface area contributed by atoms with E-state index in [1.165, 1.54) is 11.3 Å². The summed E-state index contributed by atoms with van der Waals surface area (Å²) < 4.78 is 5.70. The Balaban J connectivity index is 1.43. The second-order valence-electron chi connectivity index (χ2n) is 6.30. The van der Waals surface area contributed by atoms with Gasteiger partial charge in [0.2, 0.25) is 5.91 Å². The van der Waals surface area contributed by atoms with Crippen molar-refractivity contribution in [3.63, 3.8) is 0 Å². The van der Waals surface area contributed by atoms with Crippen LogP contribution in [0.2, 0.25) is 0 Å². The van der Waals surface area contributed by atoms with E-state index in [2.05, 4.69) is 11.4 Å². The fourth-order valence-corrected chi connectivity index (χ4v) is 4.38. The molecule has 2 aromatic rings. The van der Waals surface area contributed by atoms with Gasteiger partial charge in [0.1, 0.15) is 10.6 Å². The van der Waals surface area contributed by atoms with Crippen LogP contribution >= 0.6 is 11.3 Å². The van der Waals surface area contributed by atoms with Gasteiger partial charge in [-0.2, -0.15) is 0 Å². The van der Waals surface area contributed by atoms with Crippen molar-refractivity contribution in [3.05, 3.63) is 51.7 Å². The number of carbonyl (C=O) groups excluding carboxylic acids is 1. The van der Waals surface area contributed by atoms with E-state index < -0.39 is 5.97 Å². The second kappa shape index (κ2) is 5.63. The maximum Gasteiger partial charge on any atom is 0.345 e. The third-order valence-electron chi connectivity index (χ3n) is 4.93. The Morgan fingerprint density at radius 2 is 2.12 bits per heavy atom. The summed E-state index contributed by atoms with van der Waals surface area (Å²) in [5.74, 6) is -0.0284. The van der Waals surface area contributed by atoms with E-state index >= 15 is 0 Å². The van der Waals surface area contributed by atoms with Crippen LogP contribution in [0, 0.1) is 5.92 Å². The van der Waals surface area contributed by atoms with Crippen LogP contribution in [0.15, 0.2) is 36.4 Å². The molecule has 1 amide bonds. The zero-order chi connectivity index (χ0) is 16.7. The average molecular weight is 343 g/mol. The molecule has 4 rings (SSSR count). The van der Waals surface area contributed by atoms with Gasteiger partial charge >= 0.3 is 5.97 Å². The van der Waals surface area contributed by atoms with Gasteiger partial charge in [-0.15, -0.1) is 11.3 Å². The molecular formula is C18H17NO4S. The van der Waals surface area contributed by atoms with Crippen molar-refractivity contribution in [2.45, 2.75) is 24.8 Å². The lowest BCUT2D eigenvalue weighted by atomic mass is 9.87. The molecule has 1 aromatic heterocycles. The number of ether oxygens (including phenoxy) is 1. The van der Waals surface area contributed by atoms with Crippen LogP contribution < -0.4 is 10.1 Å². The molecule has 1 saturated carbocycles. The van der Waals surface area contributed by atoms with Crippen molar-refractivity contribution in [1.29, 1.82) is 0 Å². The molecule has 1 aromatic carbocycles. The van der Waals surface area contributed by atoms with E-state index in [-0.39, 0.29) is 17.2 Å². The zero-order valence-corrected chi connectivity index (χ0v) is 13.8. The van der Waals surface area contributed by atoms with Gasteiger partial charge < -0.3 is 15.2 Å². The fourth-order valence-electron chi connectivity index (χ4n) is 3.59. The molecule has 124 valence electrons. The third-order valence-corrected chi connectivity index (χ3v) is 6.00. The SMILES string of the molecule is O=C(O)c1ccc(CNC(=O)[C@@H]2C[C@]23CCOc2ccccc23)s1. The molecular weight excluding hydrogens is 326 g/mol. The smallest absolute Gasteiger partial charge is 0.345 e. The molecule has 0 radical (unpaired) electrons. The number of rotatable bonds is 4. The molecule has 1 aliphatic carbocycles. The summed E-state index contributed by atoms with van der Waals surface area (Å²) in [5, 5.41) is 11.9. The topological polar surface area (TPSA) is 75.6 Å². The first-order chi connectivity index (χ1) is 11.6. The standard InChI is InChI=1S/C18H17NO4S/c20-16(19-10-11-5-6-15(24-11)17(21)22)13-9-18(13)7-8-23-14-4-2-1-3-12(14)18/h1-6,13H,7-10H2,(H,19,20)(H,21,22)/t13-,18-/m0/s1. The van der Waals surface area contributed by atoms with E-state index in [0.29, 0.717) is 18.0 Å². The van der Waals surface area contributed by atoms with Gasteiger partial charge in [0.05, 0.1) is 13.2 Å². The molecule has 0 saturated heterocycles. The minimum absolute atomic E-state index is 0.0264. The van der Waals surface area contributed by atoms with Gasteiger partial charge in [-0.1, -0.05) is 18.2 Å². The van der Waals surface area contributed by atoms with Gasteiger partial charge in [-0.3, -0.25) is 4.79 Å². The highest BCUT2D eigenvalue weighted by molar-refractivity contribution is 7.13. The molecule has 0 bridgehead atoms. The summed E-state index contributed by atoms with van der Waals surface area (Å²) >= 11 is 1.20. The van der Waals surface area contributed by atoms with Gasteiger partial charge in [0.25, 0.3) is 0 Å². The molecule has 1 fully saturated rings. The van der Waals surface area contributed by atoms with Crippen LogP contribution in [0.5, 0.6) is 5.75 Å². The van der Waals surface area contributed by atoms with Crippen molar-refractivity contribution >= 4 is 23.2 Å². The van der Waals surface area contributed by atoms with Crippen molar-refractivity contribution in [3.8, 4) is 5.75 Å². The number of nitrogens with one attached hydrogen (secondary N) is 1. The Labute approximate surface area is 143 Å². The van der Waals surface area contributed by atoms with Crippen LogP contribution in [0.4, 0.5) is 0 Å². The minimum atomic E-state index is -0.933. The zero-order valence-electron chi connectivity index (χ0n) is 13.0. The molecule has 1 aliphatic heterocycles. The third kappa shape index (κ3) is 2.47. The minimum Gasteiger partial charge on any atom is -0.493 e.